The molecule has 0 radical (unpaired) electrons. The van der Waals surface area contributed by atoms with Gasteiger partial charge in [0.2, 0.25) is 0 Å². The topological polar surface area (TPSA) is 17.8 Å². The smallest absolute Gasteiger partial charge is 0.125 e. The molecule has 1 unspecified atom stereocenters. The molecular weight excluding hydrogens is 263 g/mol. The number of benzene rings is 1. The SMILES string of the molecule is CC(C1CCCC1)n1c(CCl)nc2ccc(F)cc21. The molecule has 0 N–H and O–H groups in total. The maximum atomic E-state index is 13.5. The van der Waals surface area contributed by atoms with Crippen LogP contribution in [0.25, 0.3) is 11.0 Å². The Morgan fingerprint density at radius 1 is 1.42 bits per heavy atom. The zero-order valence-electron chi connectivity index (χ0n) is 11.1. The summed E-state index contributed by atoms with van der Waals surface area (Å²) in [5.74, 6) is 1.66. The maximum absolute atomic E-state index is 13.5. The quantitative estimate of drug-likeness (QED) is 0.747. The van der Waals surface area contributed by atoms with Crippen LogP contribution in [-0.4, -0.2) is 9.55 Å². The summed E-state index contributed by atoms with van der Waals surface area (Å²) >= 11 is 6.02. The molecule has 0 bridgehead atoms. The van der Waals surface area contributed by atoms with Crippen molar-refractivity contribution in [2.75, 3.05) is 0 Å². The lowest BCUT2D eigenvalue weighted by molar-refractivity contribution is 0.362. The monoisotopic (exact) mass is 280 g/mol. The van der Waals surface area contributed by atoms with Gasteiger partial charge in [-0.25, -0.2) is 9.37 Å². The van der Waals surface area contributed by atoms with Crippen molar-refractivity contribution in [2.24, 2.45) is 5.92 Å². The van der Waals surface area contributed by atoms with E-state index >= 15 is 0 Å². The van der Waals surface area contributed by atoms with Crippen LogP contribution in [-0.2, 0) is 5.88 Å². The fraction of sp³-hybridized carbons (Fsp3) is 0.533. The Kier molecular flexibility index (Phi) is 3.48. The minimum atomic E-state index is -0.214. The highest BCUT2D eigenvalue weighted by Gasteiger charge is 2.26. The van der Waals surface area contributed by atoms with Crippen molar-refractivity contribution in [2.45, 2.75) is 44.5 Å². The predicted octanol–water partition coefficient (Wildman–Crippen LogP) is 4.67. The van der Waals surface area contributed by atoms with Gasteiger partial charge in [0.15, 0.2) is 0 Å². The molecule has 1 aliphatic rings. The molecule has 102 valence electrons. The van der Waals surface area contributed by atoms with Gasteiger partial charge in [0.05, 0.1) is 16.9 Å². The fourth-order valence-electron chi connectivity index (χ4n) is 3.32. The van der Waals surface area contributed by atoms with Gasteiger partial charge >= 0.3 is 0 Å². The molecule has 19 heavy (non-hydrogen) atoms. The van der Waals surface area contributed by atoms with E-state index < -0.39 is 0 Å². The van der Waals surface area contributed by atoms with Gasteiger partial charge < -0.3 is 4.57 Å². The Hall–Kier alpha value is -1.09. The molecule has 1 saturated carbocycles. The van der Waals surface area contributed by atoms with E-state index in [0.717, 1.165) is 16.9 Å². The van der Waals surface area contributed by atoms with Gasteiger partial charge in [-0.05, 0) is 43.9 Å². The van der Waals surface area contributed by atoms with Crippen LogP contribution in [0, 0.1) is 11.7 Å². The Morgan fingerprint density at radius 2 is 2.16 bits per heavy atom. The summed E-state index contributed by atoms with van der Waals surface area (Å²) in [6.07, 6.45) is 5.09. The third-order valence-corrected chi connectivity index (χ3v) is 4.57. The Labute approximate surface area is 117 Å². The van der Waals surface area contributed by atoms with Crippen molar-refractivity contribution in [1.82, 2.24) is 9.55 Å². The van der Waals surface area contributed by atoms with E-state index in [-0.39, 0.29) is 5.82 Å². The van der Waals surface area contributed by atoms with Gasteiger partial charge in [0.1, 0.15) is 11.6 Å². The highest BCUT2D eigenvalue weighted by molar-refractivity contribution is 6.16. The number of hydrogen-bond donors (Lipinski definition) is 0. The van der Waals surface area contributed by atoms with Crippen molar-refractivity contribution >= 4 is 22.6 Å². The molecule has 0 saturated heterocycles. The van der Waals surface area contributed by atoms with Crippen LogP contribution in [0.1, 0.15) is 44.5 Å². The summed E-state index contributed by atoms with van der Waals surface area (Å²) in [6, 6.07) is 5.10. The van der Waals surface area contributed by atoms with E-state index in [2.05, 4.69) is 16.5 Å². The summed E-state index contributed by atoms with van der Waals surface area (Å²) in [4.78, 5) is 4.53. The van der Waals surface area contributed by atoms with Crippen molar-refractivity contribution in [1.29, 1.82) is 0 Å². The second kappa shape index (κ2) is 5.12. The van der Waals surface area contributed by atoms with E-state index in [1.807, 2.05) is 0 Å². The lowest BCUT2D eigenvalue weighted by atomic mass is 9.99. The first kappa shape index (κ1) is 12.9. The zero-order chi connectivity index (χ0) is 13.4. The largest absolute Gasteiger partial charge is 0.324 e. The number of rotatable bonds is 3. The third-order valence-electron chi connectivity index (χ3n) is 4.33. The number of fused-ring (bicyclic) bond motifs is 1. The number of nitrogens with zero attached hydrogens (tertiary/aromatic N) is 2. The second-order valence-corrected chi connectivity index (χ2v) is 5.72. The number of hydrogen-bond acceptors (Lipinski definition) is 1. The van der Waals surface area contributed by atoms with Crippen LogP contribution >= 0.6 is 11.6 Å². The maximum Gasteiger partial charge on any atom is 0.125 e. The molecule has 1 fully saturated rings. The molecule has 0 amide bonds. The minimum absolute atomic E-state index is 0.214. The highest BCUT2D eigenvalue weighted by atomic mass is 35.5. The van der Waals surface area contributed by atoms with E-state index in [1.165, 1.54) is 31.7 Å². The van der Waals surface area contributed by atoms with Crippen LogP contribution in [0.4, 0.5) is 4.39 Å². The zero-order valence-corrected chi connectivity index (χ0v) is 11.8. The third kappa shape index (κ3) is 2.25. The molecule has 3 rings (SSSR count). The number of halogens is 2. The molecule has 1 aromatic carbocycles. The summed E-state index contributed by atoms with van der Waals surface area (Å²) in [6.45, 7) is 2.21. The molecule has 2 nitrogen and oxygen atoms in total. The lowest BCUT2D eigenvalue weighted by Gasteiger charge is -2.23. The van der Waals surface area contributed by atoms with Crippen molar-refractivity contribution in [3.05, 3.63) is 29.8 Å². The van der Waals surface area contributed by atoms with E-state index in [4.69, 9.17) is 11.6 Å². The van der Waals surface area contributed by atoms with Crippen molar-refractivity contribution in [3.8, 4) is 0 Å². The van der Waals surface area contributed by atoms with Crippen LogP contribution in [0.5, 0.6) is 0 Å². The number of alkyl halides is 1. The molecule has 0 aliphatic heterocycles. The molecule has 0 spiro atoms. The molecule has 1 aliphatic carbocycles. The first-order valence-electron chi connectivity index (χ1n) is 6.93. The molecule has 1 aromatic heterocycles. The molecule has 4 heteroatoms. The van der Waals surface area contributed by atoms with Crippen LogP contribution < -0.4 is 0 Å². The van der Waals surface area contributed by atoms with Gasteiger partial charge in [-0.15, -0.1) is 11.6 Å². The first-order valence-corrected chi connectivity index (χ1v) is 7.46. The Morgan fingerprint density at radius 3 is 2.84 bits per heavy atom. The Balaban J connectivity index is 2.11. The van der Waals surface area contributed by atoms with Crippen molar-refractivity contribution in [3.63, 3.8) is 0 Å². The number of aromatic nitrogens is 2. The van der Waals surface area contributed by atoms with E-state index in [9.17, 15) is 4.39 Å². The standard InChI is InChI=1S/C15H18ClFN2/c1-10(11-4-2-3-5-11)19-14-8-12(17)6-7-13(14)18-15(19)9-16/h6-8,10-11H,2-5,9H2,1H3. The van der Waals surface area contributed by atoms with Crippen molar-refractivity contribution < 1.29 is 4.39 Å². The highest BCUT2D eigenvalue weighted by Crippen LogP contribution is 2.36. The van der Waals surface area contributed by atoms with E-state index in [1.54, 1.807) is 12.1 Å². The second-order valence-electron chi connectivity index (χ2n) is 5.45. The normalized spacial score (nSPS) is 18.3. The van der Waals surface area contributed by atoms with Gasteiger partial charge in [0.25, 0.3) is 0 Å². The molecule has 2 aromatic rings. The average molecular weight is 281 g/mol. The minimum Gasteiger partial charge on any atom is -0.324 e. The molecule has 1 atom stereocenters. The molecule has 1 heterocycles. The lowest BCUT2D eigenvalue weighted by Crippen LogP contribution is -2.16. The molecular formula is C15H18ClFN2. The van der Waals surface area contributed by atoms with Gasteiger partial charge in [-0.1, -0.05) is 12.8 Å². The summed E-state index contributed by atoms with van der Waals surface area (Å²) in [5.41, 5.74) is 1.71. The van der Waals surface area contributed by atoms with E-state index in [0.29, 0.717) is 17.8 Å². The fourth-order valence-corrected chi connectivity index (χ4v) is 3.50. The average Bonchev–Trinajstić information content (AvgIpc) is 3.04. The summed E-state index contributed by atoms with van der Waals surface area (Å²) < 4.78 is 15.6. The van der Waals surface area contributed by atoms with Crippen LogP contribution in [0.15, 0.2) is 18.2 Å². The first-order chi connectivity index (χ1) is 9.20. The van der Waals surface area contributed by atoms with Gasteiger partial charge in [-0.3, -0.25) is 0 Å². The van der Waals surface area contributed by atoms with Crippen LogP contribution in [0.3, 0.4) is 0 Å². The van der Waals surface area contributed by atoms with Gasteiger partial charge in [0, 0.05) is 6.04 Å². The Bertz CT molecular complexity index is 587. The van der Waals surface area contributed by atoms with Gasteiger partial charge in [-0.2, -0.15) is 0 Å². The predicted molar refractivity (Wildman–Crippen MR) is 75.9 cm³/mol. The summed E-state index contributed by atoms with van der Waals surface area (Å²) in [7, 11) is 0. The number of imidazole rings is 1. The van der Waals surface area contributed by atoms with Crippen LogP contribution in [0.2, 0.25) is 0 Å². The summed E-state index contributed by atoms with van der Waals surface area (Å²) in [5, 5.41) is 0.